The van der Waals surface area contributed by atoms with Crippen molar-refractivity contribution >= 4 is 5.78 Å². The average molecular weight is 198 g/mol. The lowest BCUT2D eigenvalue weighted by Gasteiger charge is -2.40. The molecule has 0 atom stereocenters. The molecule has 0 spiro atoms. The molecule has 1 aliphatic heterocycles. The zero-order valence-corrected chi connectivity index (χ0v) is 9.80. The van der Waals surface area contributed by atoms with Gasteiger partial charge in [-0.05, 0) is 18.8 Å². The van der Waals surface area contributed by atoms with E-state index in [2.05, 4.69) is 13.8 Å². The molecule has 0 bridgehead atoms. The van der Waals surface area contributed by atoms with E-state index in [1.165, 1.54) is 0 Å². The predicted molar refractivity (Wildman–Crippen MR) is 57.2 cm³/mol. The van der Waals surface area contributed by atoms with E-state index in [0.29, 0.717) is 11.7 Å². The third kappa shape index (κ3) is 2.00. The maximum Gasteiger partial charge on any atom is 0.141 e. The molecule has 2 heteroatoms. The topological polar surface area (TPSA) is 26.3 Å². The zero-order valence-electron chi connectivity index (χ0n) is 9.80. The monoisotopic (exact) mass is 198 g/mol. The molecule has 1 rings (SSSR count). The fraction of sp³-hybridized carbons (Fsp3) is 0.917. The van der Waals surface area contributed by atoms with Crippen molar-refractivity contribution in [1.29, 1.82) is 0 Å². The maximum atomic E-state index is 12.2. The van der Waals surface area contributed by atoms with Crippen LogP contribution >= 0.6 is 0 Å². The van der Waals surface area contributed by atoms with E-state index in [0.717, 1.165) is 26.1 Å². The van der Waals surface area contributed by atoms with Crippen LogP contribution in [0.5, 0.6) is 0 Å². The summed E-state index contributed by atoms with van der Waals surface area (Å²) in [5.41, 5.74) is -0.105. The number of hydrogen-bond donors (Lipinski definition) is 0. The van der Waals surface area contributed by atoms with Crippen LogP contribution in [0.3, 0.4) is 0 Å². The van der Waals surface area contributed by atoms with Crippen molar-refractivity contribution in [3.05, 3.63) is 0 Å². The molecule has 0 aliphatic carbocycles. The Bertz CT molecular complexity index is 200. The molecule has 0 radical (unpaired) electrons. The first-order valence-corrected chi connectivity index (χ1v) is 5.63. The highest BCUT2D eigenvalue weighted by atomic mass is 16.5. The van der Waals surface area contributed by atoms with E-state index >= 15 is 0 Å². The van der Waals surface area contributed by atoms with Crippen molar-refractivity contribution in [2.45, 2.75) is 40.5 Å². The molecule has 1 heterocycles. The molecule has 0 amide bonds. The van der Waals surface area contributed by atoms with Crippen molar-refractivity contribution in [1.82, 2.24) is 0 Å². The number of ether oxygens (including phenoxy) is 1. The van der Waals surface area contributed by atoms with Gasteiger partial charge in [-0.3, -0.25) is 4.79 Å². The lowest BCUT2D eigenvalue weighted by Crippen LogP contribution is -2.43. The first-order chi connectivity index (χ1) is 6.50. The summed E-state index contributed by atoms with van der Waals surface area (Å²) >= 11 is 0. The van der Waals surface area contributed by atoms with Crippen LogP contribution in [0.4, 0.5) is 0 Å². The summed E-state index contributed by atoms with van der Waals surface area (Å²) in [6.07, 6.45) is 1.81. The van der Waals surface area contributed by atoms with Crippen LogP contribution in [-0.4, -0.2) is 19.0 Å². The van der Waals surface area contributed by atoms with E-state index in [9.17, 15) is 4.79 Å². The van der Waals surface area contributed by atoms with Crippen LogP contribution in [-0.2, 0) is 9.53 Å². The average Bonchev–Trinajstić information content (AvgIpc) is 2.17. The largest absolute Gasteiger partial charge is 0.381 e. The second kappa shape index (κ2) is 4.43. The lowest BCUT2D eigenvalue weighted by molar-refractivity contribution is -0.141. The first-order valence-electron chi connectivity index (χ1n) is 5.63. The van der Waals surface area contributed by atoms with Gasteiger partial charge in [0.15, 0.2) is 0 Å². The summed E-state index contributed by atoms with van der Waals surface area (Å²) in [6, 6.07) is 0. The van der Waals surface area contributed by atoms with Crippen molar-refractivity contribution in [2.75, 3.05) is 13.2 Å². The molecule has 2 nitrogen and oxygen atoms in total. The molecular weight excluding hydrogens is 176 g/mol. The van der Waals surface area contributed by atoms with Crippen LogP contribution in [0.1, 0.15) is 40.5 Å². The molecule has 14 heavy (non-hydrogen) atoms. The second-order valence-corrected chi connectivity index (χ2v) is 4.94. The molecule has 82 valence electrons. The molecule has 1 aliphatic rings. The van der Waals surface area contributed by atoms with Crippen LogP contribution < -0.4 is 0 Å². The molecule has 0 aromatic rings. The maximum absolute atomic E-state index is 12.2. The smallest absolute Gasteiger partial charge is 0.141 e. The van der Waals surface area contributed by atoms with Crippen molar-refractivity contribution in [3.8, 4) is 0 Å². The number of hydrogen-bond acceptors (Lipinski definition) is 2. The third-order valence-electron chi connectivity index (χ3n) is 3.51. The van der Waals surface area contributed by atoms with Crippen LogP contribution in [0, 0.1) is 17.3 Å². The van der Waals surface area contributed by atoms with E-state index in [1.54, 1.807) is 0 Å². The van der Waals surface area contributed by atoms with Gasteiger partial charge in [-0.2, -0.15) is 0 Å². The Balaban J connectivity index is 2.85. The van der Waals surface area contributed by atoms with Crippen LogP contribution in [0.25, 0.3) is 0 Å². The van der Waals surface area contributed by atoms with Gasteiger partial charge < -0.3 is 4.74 Å². The van der Waals surface area contributed by atoms with Gasteiger partial charge in [-0.1, -0.05) is 27.7 Å². The Morgan fingerprint density at radius 3 is 2.00 bits per heavy atom. The van der Waals surface area contributed by atoms with Crippen LogP contribution in [0.15, 0.2) is 0 Å². The molecule has 0 N–H and O–H groups in total. The quantitative estimate of drug-likeness (QED) is 0.697. The van der Waals surface area contributed by atoms with Gasteiger partial charge >= 0.3 is 0 Å². The Kier molecular flexibility index (Phi) is 3.71. The van der Waals surface area contributed by atoms with E-state index in [1.807, 2.05) is 13.8 Å². The summed E-state index contributed by atoms with van der Waals surface area (Å²) < 4.78 is 5.35. The van der Waals surface area contributed by atoms with Crippen molar-refractivity contribution in [2.24, 2.45) is 17.3 Å². The molecule has 0 saturated carbocycles. The molecule has 0 aromatic carbocycles. The highest BCUT2D eigenvalue weighted by Gasteiger charge is 2.43. The molecule has 1 fully saturated rings. The van der Waals surface area contributed by atoms with E-state index in [-0.39, 0.29) is 11.3 Å². The minimum atomic E-state index is -0.105. The minimum absolute atomic E-state index is 0.105. The number of Topliss-reactive ketones (excluding diaryl/α,β-unsaturated/α-hetero) is 1. The third-order valence-corrected chi connectivity index (χ3v) is 3.51. The fourth-order valence-electron chi connectivity index (χ4n) is 2.42. The summed E-state index contributed by atoms with van der Waals surface area (Å²) in [5, 5.41) is 0. The van der Waals surface area contributed by atoms with Gasteiger partial charge in [0.1, 0.15) is 5.78 Å². The predicted octanol–water partition coefficient (Wildman–Crippen LogP) is 2.66. The second-order valence-electron chi connectivity index (χ2n) is 4.94. The van der Waals surface area contributed by atoms with Gasteiger partial charge in [0.25, 0.3) is 0 Å². The summed E-state index contributed by atoms with van der Waals surface area (Å²) in [7, 11) is 0. The van der Waals surface area contributed by atoms with E-state index in [4.69, 9.17) is 4.74 Å². The SMILES string of the molecule is CC(C)C(=O)C1(C(C)C)CCOCC1. The minimum Gasteiger partial charge on any atom is -0.381 e. The first kappa shape index (κ1) is 11.7. The lowest BCUT2D eigenvalue weighted by atomic mass is 9.66. The summed E-state index contributed by atoms with van der Waals surface area (Å²) in [5.74, 6) is 1.01. The molecule has 0 aromatic heterocycles. The van der Waals surface area contributed by atoms with Gasteiger partial charge in [-0.15, -0.1) is 0 Å². The van der Waals surface area contributed by atoms with Gasteiger partial charge in [0.2, 0.25) is 0 Å². The van der Waals surface area contributed by atoms with Gasteiger partial charge in [0.05, 0.1) is 0 Å². The van der Waals surface area contributed by atoms with Crippen molar-refractivity contribution < 1.29 is 9.53 Å². The number of rotatable bonds is 3. The molecular formula is C12H22O2. The number of ketones is 1. The molecule has 0 unspecified atom stereocenters. The number of carbonyl (C=O) groups is 1. The summed E-state index contributed by atoms with van der Waals surface area (Å²) in [6.45, 7) is 9.81. The Morgan fingerprint density at radius 1 is 1.14 bits per heavy atom. The Hall–Kier alpha value is -0.370. The number of carbonyl (C=O) groups excluding carboxylic acids is 1. The van der Waals surface area contributed by atoms with Crippen molar-refractivity contribution in [3.63, 3.8) is 0 Å². The van der Waals surface area contributed by atoms with Gasteiger partial charge in [-0.25, -0.2) is 0 Å². The summed E-state index contributed by atoms with van der Waals surface area (Å²) in [4.78, 5) is 12.2. The van der Waals surface area contributed by atoms with Gasteiger partial charge in [0, 0.05) is 24.5 Å². The van der Waals surface area contributed by atoms with E-state index < -0.39 is 0 Å². The highest BCUT2D eigenvalue weighted by Crippen LogP contribution is 2.40. The highest BCUT2D eigenvalue weighted by molar-refractivity contribution is 5.86. The Morgan fingerprint density at radius 2 is 1.64 bits per heavy atom. The standard InChI is InChI=1S/C12H22O2/c1-9(2)11(13)12(10(3)4)5-7-14-8-6-12/h9-10H,5-8H2,1-4H3. The normalized spacial score (nSPS) is 21.6. The molecule has 1 saturated heterocycles. The van der Waals surface area contributed by atoms with Crippen LogP contribution in [0.2, 0.25) is 0 Å². The fourth-order valence-corrected chi connectivity index (χ4v) is 2.42. The Labute approximate surface area is 87.0 Å². The zero-order chi connectivity index (χ0) is 10.8.